The molecule has 140 valence electrons. The van der Waals surface area contributed by atoms with E-state index >= 15 is 0 Å². The molecule has 0 radical (unpaired) electrons. The average Bonchev–Trinajstić information content (AvgIpc) is 2.69. The summed E-state index contributed by atoms with van der Waals surface area (Å²) in [5, 5.41) is 2.69. The predicted octanol–water partition coefficient (Wildman–Crippen LogP) is 4.67. The Morgan fingerprint density at radius 2 is 1.57 bits per heavy atom. The minimum atomic E-state index is -0.545. The Hall–Kier alpha value is -3.54. The van der Waals surface area contributed by atoms with Crippen LogP contribution in [0.15, 0.2) is 66.7 Å². The maximum Gasteiger partial charge on any atom is 0.339 e. The van der Waals surface area contributed by atoms with Crippen molar-refractivity contribution in [1.82, 2.24) is 0 Å². The summed E-state index contributed by atoms with van der Waals surface area (Å²) >= 11 is 0. The molecule has 6 heteroatoms. The van der Waals surface area contributed by atoms with Gasteiger partial charge in [-0.2, -0.15) is 0 Å². The van der Waals surface area contributed by atoms with Crippen LogP contribution in [0.4, 0.5) is 14.5 Å². The topological polar surface area (TPSA) is 55.4 Å². The summed E-state index contributed by atoms with van der Waals surface area (Å²) in [6, 6.07) is 15.9. The number of anilines is 1. The van der Waals surface area contributed by atoms with E-state index in [2.05, 4.69) is 5.32 Å². The number of amides is 1. The summed E-state index contributed by atoms with van der Waals surface area (Å²) in [6.07, 6.45) is -0.166. The van der Waals surface area contributed by atoms with Crippen LogP contribution in [0.3, 0.4) is 0 Å². The zero-order valence-corrected chi connectivity index (χ0v) is 14.6. The first-order chi connectivity index (χ1) is 13.5. The van der Waals surface area contributed by atoms with E-state index in [4.69, 9.17) is 4.74 Å². The van der Waals surface area contributed by atoms with Crippen LogP contribution in [0.25, 0.3) is 0 Å². The van der Waals surface area contributed by atoms with Crippen LogP contribution in [0.1, 0.15) is 37.9 Å². The number of ether oxygens (including phenoxy) is 1. The fourth-order valence-electron chi connectivity index (χ4n) is 3.14. The number of carbonyl (C=O) groups is 2. The first-order valence-corrected chi connectivity index (χ1v) is 8.66. The van der Waals surface area contributed by atoms with E-state index in [1.807, 2.05) is 0 Å². The second kappa shape index (κ2) is 7.23. The Balaban J connectivity index is 1.57. The summed E-state index contributed by atoms with van der Waals surface area (Å²) in [6.45, 7) is 0. The van der Waals surface area contributed by atoms with Crippen molar-refractivity contribution in [1.29, 1.82) is 0 Å². The number of esters is 1. The summed E-state index contributed by atoms with van der Waals surface area (Å²) in [4.78, 5) is 24.8. The monoisotopic (exact) mass is 379 g/mol. The van der Waals surface area contributed by atoms with Crippen LogP contribution >= 0.6 is 0 Å². The second-order valence-electron chi connectivity index (χ2n) is 6.48. The third-order valence-corrected chi connectivity index (χ3v) is 4.59. The second-order valence-corrected chi connectivity index (χ2v) is 6.48. The molecule has 28 heavy (non-hydrogen) atoms. The Kier molecular flexibility index (Phi) is 4.61. The van der Waals surface area contributed by atoms with Gasteiger partial charge in [0, 0.05) is 17.7 Å². The first-order valence-electron chi connectivity index (χ1n) is 8.66. The van der Waals surface area contributed by atoms with Crippen LogP contribution in [-0.2, 0) is 11.2 Å². The molecule has 3 aromatic carbocycles. The normalized spacial score (nSPS) is 15.5. The van der Waals surface area contributed by atoms with Crippen LogP contribution in [0.5, 0.6) is 0 Å². The van der Waals surface area contributed by atoms with Crippen LogP contribution in [0.2, 0.25) is 0 Å². The van der Waals surface area contributed by atoms with E-state index < -0.39 is 17.9 Å². The van der Waals surface area contributed by atoms with E-state index in [0.29, 0.717) is 34.4 Å². The molecule has 0 fully saturated rings. The third kappa shape index (κ3) is 3.62. The molecular weight excluding hydrogens is 364 g/mol. The van der Waals surface area contributed by atoms with Crippen molar-refractivity contribution in [3.63, 3.8) is 0 Å². The van der Waals surface area contributed by atoms with Gasteiger partial charge >= 0.3 is 5.97 Å². The van der Waals surface area contributed by atoms with Gasteiger partial charge in [-0.15, -0.1) is 0 Å². The lowest BCUT2D eigenvalue weighted by Gasteiger charge is -2.25. The molecule has 1 amide bonds. The molecule has 1 aliphatic rings. The lowest BCUT2D eigenvalue weighted by molar-refractivity contribution is 0.0252. The summed E-state index contributed by atoms with van der Waals surface area (Å²) in [5.74, 6) is -1.61. The third-order valence-electron chi connectivity index (χ3n) is 4.59. The summed E-state index contributed by atoms with van der Waals surface area (Å²) in [5.41, 5.74) is 2.60. The van der Waals surface area contributed by atoms with Crippen LogP contribution in [-0.4, -0.2) is 11.9 Å². The quantitative estimate of drug-likeness (QED) is 0.673. The van der Waals surface area contributed by atoms with E-state index in [1.54, 1.807) is 24.3 Å². The Morgan fingerprint density at radius 3 is 2.25 bits per heavy atom. The summed E-state index contributed by atoms with van der Waals surface area (Å²) < 4.78 is 31.6. The van der Waals surface area contributed by atoms with E-state index in [9.17, 15) is 18.4 Å². The lowest BCUT2D eigenvalue weighted by atomic mass is 9.93. The van der Waals surface area contributed by atoms with Crippen LogP contribution in [0, 0.1) is 11.6 Å². The molecule has 0 aromatic heterocycles. The maximum atomic E-state index is 13.1. The van der Waals surface area contributed by atoms with E-state index in [-0.39, 0.29) is 11.7 Å². The van der Waals surface area contributed by atoms with Gasteiger partial charge in [-0.3, -0.25) is 4.79 Å². The molecule has 0 aliphatic carbocycles. The molecule has 4 nitrogen and oxygen atoms in total. The molecule has 1 heterocycles. The molecule has 3 aromatic rings. The number of hydrogen-bond donors (Lipinski definition) is 1. The lowest BCUT2D eigenvalue weighted by Crippen LogP contribution is -2.23. The zero-order chi connectivity index (χ0) is 19.7. The van der Waals surface area contributed by atoms with Crippen molar-refractivity contribution in [2.45, 2.75) is 12.5 Å². The molecule has 1 N–H and O–H groups in total. The standard InChI is InChI=1S/C22H15F2NO3/c23-16-4-1-13(2-5-16)20-12-15-11-14(3-10-19(15)22(27)28-20)21(26)25-18-8-6-17(24)7-9-18/h1-11,20H,12H2,(H,25,26)/t20-/m1/s1. The minimum Gasteiger partial charge on any atom is -0.454 e. The highest BCUT2D eigenvalue weighted by atomic mass is 19.1. The van der Waals surface area contributed by atoms with Gasteiger partial charge in [0.05, 0.1) is 5.56 Å². The molecule has 0 saturated carbocycles. The number of benzene rings is 3. The Bertz CT molecular complexity index is 1050. The number of carbonyl (C=O) groups excluding carboxylic acids is 2. The molecule has 0 spiro atoms. The minimum absolute atomic E-state index is 0.369. The van der Waals surface area contributed by atoms with Gasteiger partial charge in [0.25, 0.3) is 5.91 Å². The van der Waals surface area contributed by atoms with Crippen LogP contribution < -0.4 is 5.32 Å². The molecule has 0 bridgehead atoms. The van der Waals surface area contributed by atoms with Gasteiger partial charge in [0.1, 0.15) is 17.7 Å². The number of rotatable bonds is 3. The SMILES string of the molecule is O=C(Nc1ccc(F)cc1)c1ccc2c(c1)C[C@H](c1ccc(F)cc1)OC2=O. The first kappa shape index (κ1) is 17.9. The zero-order valence-electron chi connectivity index (χ0n) is 14.6. The number of hydrogen-bond acceptors (Lipinski definition) is 3. The largest absolute Gasteiger partial charge is 0.454 e. The molecular formula is C22H15F2NO3. The Labute approximate surface area is 159 Å². The number of nitrogens with one attached hydrogen (secondary N) is 1. The molecule has 1 aliphatic heterocycles. The number of cyclic esters (lactones) is 1. The Morgan fingerprint density at radius 1 is 0.929 bits per heavy atom. The van der Waals surface area contributed by atoms with Crippen molar-refractivity contribution in [2.24, 2.45) is 0 Å². The maximum absolute atomic E-state index is 13.1. The molecule has 0 saturated heterocycles. The van der Waals surface area contributed by atoms with Crippen molar-refractivity contribution in [3.8, 4) is 0 Å². The van der Waals surface area contributed by atoms with E-state index in [0.717, 1.165) is 0 Å². The van der Waals surface area contributed by atoms with Gasteiger partial charge < -0.3 is 10.1 Å². The van der Waals surface area contributed by atoms with Gasteiger partial charge in [-0.1, -0.05) is 12.1 Å². The van der Waals surface area contributed by atoms with E-state index in [1.165, 1.54) is 42.5 Å². The highest BCUT2D eigenvalue weighted by Crippen LogP contribution is 2.31. The van der Waals surface area contributed by atoms with Crippen molar-refractivity contribution in [3.05, 3.63) is 101 Å². The average molecular weight is 379 g/mol. The van der Waals surface area contributed by atoms with Gasteiger partial charge in [0.15, 0.2) is 0 Å². The van der Waals surface area contributed by atoms with Crippen molar-refractivity contribution in [2.75, 3.05) is 5.32 Å². The predicted molar refractivity (Wildman–Crippen MR) is 99.1 cm³/mol. The fourth-order valence-corrected chi connectivity index (χ4v) is 3.14. The van der Waals surface area contributed by atoms with Gasteiger partial charge in [-0.25, -0.2) is 13.6 Å². The smallest absolute Gasteiger partial charge is 0.339 e. The van der Waals surface area contributed by atoms with Crippen molar-refractivity contribution < 1.29 is 23.1 Å². The fraction of sp³-hybridized carbons (Fsp3) is 0.0909. The summed E-state index contributed by atoms with van der Waals surface area (Å²) in [7, 11) is 0. The van der Waals surface area contributed by atoms with Gasteiger partial charge in [0.2, 0.25) is 0 Å². The molecule has 4 rings (SSSR count). The molecule has 0 unspecified atom stereocenters. The highest BCUT2D eigenvalue weighted by Gasteiger charge is 2.28. The van der Waals surface area contributed by atoms with Gasteiger partial charge in [-0.05, 0) is 65.7 Å². The number of halogens is 2. The van der Waals surface area contributed by atoms with Crippen molar-refractivity contribution >= 4 is 17.6 Å². The number of fused-ring (bicyclic) bond motifs is 1. The molecule has 1 atom stereocenters. The highest BCUT2D eigenvalue weighted by molar-refractivity contribution is 6.05.